The zero-order valence-electron chi connectivity index (χ0n) is 9.10. The first-order chi connectivity index (χ1) is 7.30. The minimum Gasteiger partial charge on any atom is -0.478 e. The highest BCUT2D eigenvalue weighted by Crippen LogP contribution is 2.12. The van der Waals surface area contributed by atoms with Crippen LogP contribution in [0.4, 0.5) is 5.82 Å². The second-order valence-corrected chi connectivity index (χ2v) is 3.11. The standard InChI is InChI=1S/C10H17N3O2/c1-3-8(6-14)13-9-5-10(15-4-2)12-7-11-9/h5,7-8,14H,3-4,6H2,1-2H3,(H,11,12,13). The number of aliphatic hydroxyl groups is 1. The van der Waals surface area contributed by atoms with E-state index in [1.165, 1.54) is 6.33 Å². The molecular weight excluding hydrogens is 194 g/mol. The minimum atomic E-state index is 0.0226. The molecule has 0 aliphatic rings. The molecular formula is C10H17N3O2. The van der Waals surface area contributed by atoms with Gasteiger partial charge in [0.15, 0.2) is 0 Å². The van der Waals surface area contributed by atoms with Crippen molar-refractivity contribution < 1.29 is 9.84 Å². The van der Waals surface area contributed by atoms with Crippen LogP contribution in [0.5, 0.6) is 5.88 Å². The molecule has 15 heavy (non-hydrogen) atoms. The number of anilines is 1. The Morgan fingerprint density at radius 1 is 1.47 bits per heavy atom. The number of hydrogen-bond donors (Lipinski definition) is 2. The number of aliphatic hydroxyl groups excluding tert-OH is 1. The normalized spacial score (nSPS) is 12.2. The molecule has 1 unspecified atom stereocenters. The summed E-state index contributed by atoms with van der Waals surface area (Å²) in [7, 11) is 0. The van der Waals surface area contributed by atoms with Crippen molar-refractivity contribution in [2.45, 2.75) is 26.3 Å². The Morgan fingerprint density at radius 3 is 2.87 bits per heavy atom. The molecule has 0 saturated heterocycles. The fourth-order valence-corrected chi connectivity index (χ4v) is 1.13. The zero-order valence-corrected chi connectivity index (χ0v) is 9.10. The maximum atomic E-state index is 9.02. The Bertz CT molecular complexity index is 290. The Kier molecular flexibility index (Phi) is 4.83. The molecule has 0 aromatic carbocycles. The lowest BCUT2D eigenvalue weighted by Gasteiger charge is -2.14. The van der Waals surface area contributed by atoms with Crippen LogP contribution < -0.4 is 10.1 Å². The van der Waals surface area contributed by atoms with E-state index >= 15 is 0 Å². The van der Waals surface area contributed by atoms with Gasteiger partial charge < -0.3 is 15.2 Å². The predicted octanol–water partition coefficient (Wildman–Crippen LogP) is 1.06. The van der Waals surface area contributed by atoms with Gasteiger partial charge in [0, 0.05) is 6.07 Å². The molecule has 5 heteroatoms. The van der Waals surface area contributed by atoms with Gasteiger partial charge in [0.05, 0.1) is 19.3 Å². The van der Waals surface area contributed by atoms with Gasteiger partial charge in [-0.3, -0.25) is 0 Å². The highest BCUT2D eigenvalue weighted by atomic mass is 16.5. The molecule has 0 aliphatic heterocycles. The Hall–Kier alpha value is -1.36. The average Bonchev–Trinajstić information content (AvgIpc) is 2.27. The molecule has 0 bridgehead atoms. The van der Waals surface area contributed by atoms with Crippen molar-refractivity contribution in [2.75, 3.05) is 18.5 Å². The average molecular weight is 211 g/mol. The summed E-state index contributed by atoms with van der Waals surface area (Å²) in [4.78, 5) is 8.00. The van der Waals surface area contributed by atoms with Gasteiger partial charge in [0.2, 0.25) is 5.88 Å². The van der Waals surface area contributed by atoms with Crippen LogP contribution >= 0.6 is 0 Å². The van der Waals surface area contributed by atoms with Crippen molar-refractivity contribution in [3.05, 3.63) is 12.4 Å². The predicted molar refractivity (Wildman–Crippen MR) is 58.0 cm³/mol. The van der Waals surface area contributed by atoms with Crippen LogP contribution in [-0.2, 0) is 0 Å². The number of ether oxygens (including phenoxy) is 1. The summed E-state index contributed by atoms with van der Waals surface area (Å²) in [6.07, 6.45) is 2.28. The van der Waals surface area contributed by atoms with Crippen LogP contribution in [0.3, 0.4) is 0 Å². The highest BCUT2D eigenvalue weighted by molar-refractivity contribution is 5.38. The zero-order chi connectivity index (χ0) is 11.1. The van der Waals surface area contributed by atoms with E-state index in [0.717, 1.165) is 6.42 Å². The molecule has 0 spiro atoms. The molecule has 1 heterocycles. The van der Waals surface area contributed by atoms with Gasteiger partial charge in [0.1, 0.15) is 12.1 Å². The highest BCUT2D eigenvalue weighted by Gasteiger charge is 2.05. The molecule has 0 radical (unpaired) electrons. The first-order valence-corrected chi connectivity index (χ1v) is 5.12. The van der Waals surface area contributed by atoms with Crippen molar-refractivity contribution in [1.82, 2.24) is 9.97 Å². The van der Waals surface area contributed by atoms with Crippen LogP contribution in [0.15, 0.2) is 12.4 Å². The summed E-state index contributed by atoms with van der Waals surface area (Å²) in [5.41, 5.74) is 0. The van der Waals surface area contributed by atoms with Crippen molar-refractivity contribution in [2.24, 2.45) is 0 Å². The van der Waals surface area contributed by atoms with Gasteiger partial charge in [0.25, 0.3) is 0 Å². The van der Waals surface area contributed by atoms with E-state index in [4.69, 9.17) is 9.84 Å². The summed E-state index contributed by atoms with van der Waals surface area (Å²) >= 11 is 0. The number of nitrogens with one attached hydrogen (secondary N) is 1. The van der Waals surface area contributed by atoms with Crippen LogP contribution in [-0.4, -0.2) is 34.3 Å². The number of nitrogens with zero attached hydrogens (tertiary/aromatic N) is 2. The van der Waals surface area contributed by atoms with Crippen molar-refractivity contribution in [3.63, 3.8) is 0 Å². The van der Waals surface area contributed by atoms with E-state index < -0.39 is 0 Å². The van der Waals surface area contributed by atoms with Gasteiger partial charge in [-0.1, -0.05) is 6.92 Å². The third-order valence-corrected chi connectivity index (χ3v) is 2.00. The third-order valence-electron chi connectivity index (χ3n) is 2.00. The first-order valence-electron chi connectivity index (χ1n) is 5.12. The fourth-order valence-electron chi connectivity index (χ4n) is 1.13. The second kappa shape index (κ2) is 6.19. The minimum absolute atomic E-state index is 0.0226. The van der Waals surface area contributed by atoms with Gasteiger partial charge in [-0.2, -0.15) is 0 Å². The van der Waals surface area contributed by atoms with Crippen LogP contribution in [0.25, 0.3) is 0 Å². The monoisotopic (exact) mass is 211 g/mol. The van der Waals surface area contributed by atoms with E-state index in [9.17, 15) is 0 Å². The lowest BCUT2D eigenvalue weighted by atomic mass is 10.2. The SMILES string of the molecule is CCOc1cc(NC(CC)CO)ncn1. The molecule has 2 N–H and O–H groups in total. The molecule has 84 valence electrons. The lowest BCUT2D eigenvalue weighted by Crippen LogP contribution is -2.23. The number of rotatable bonds is 6. The van der Waals surface area contributed by atoms with E-state index in [1.807, 2.05) is 13.8 Å². The maximum Gasteiger partial charge on any atom is 0.218 e. The molecule has 1 rings (SSSR count). The number of aromatic nitrogens is 2. The Balaban J connectivity index is 2.64. The third kappa shape index (κ3) is 3.71. The Labute approximate surface area is 89.5 Å². The fraction of sp³-hybridized carbons (Fsp3) is 0.600. The van der Waals surface area contributed by atoms with E-state index in [2.05, 4.69) is 15.3 Å². The summed E-state index contributed by atoms with van der Waals surface area (Å²) in [5.74, 6) is 1.22. The first kappa shape index (κ1) is 11.7. The molecule has 0 saturated carbocycles. The topological polar surface area (TPSA) is 67.3 Å². The van der Waals surface area contributed by atoms with E-state index in [0.29, 0.717) is 18.3 Å². The van der Waals surface area contributed by atoms with Gasteiger partial charge >= 0.3 is 0 Å². The van der Waals surface area contributed by atoms with Crippen LogP contribution in [0, 0.1) is 0 Å². The summed E-state index contributed by atoms with van der Waals surface area (Å²) < 4.78 is 5.24. The van der Waals surface area contributed by atoms with Crippen LogP contribution in [0.1, 0.15) is 20.3 Å². The lowest BCUT2D eigenvalue weighted by molar-refractivity contribution is 0.271. The molecule has 5 nitrogen and oxygen atoms in total. The van der Waals surface area contributed by atoms with Crippen LogP contribution in [0.2, 0.25) is 0 Å². The molecule has 1 aromatic heterocycles. The molecule has 0 fully saturated rings. The Morgan fingerprint density at radius 2 is 2.27 bits per heavy atom. The summed E-state index contributed by atoms with van der Waals surface area (Å²) in [5, 5.41) is 12.1. The molecule has 1 atom stereocenters. The smallest absolute Gasteiger partial charge is 0.218 e. The summed E-state index contributed by atoms with van der Waals surface area (Å²) in [6, 6.07) is 1.75. The second-order valence-electron chi connectivity index (χ2n) is 3.11. The quantitative estimate of drug-likeness (QED) is 0.736. The molecule has 1 aromatic rings. The van der Waals surface area contributed by atoms with Crippen molar-refractivity contribution in [1.29, 1.82) is 0 Å². The van der Waals surface area contributed by atoms with Gasteiger partial charge in [-0.15, -0.1) is 0 Å². The largest absolute Gasteiger partial charge is 0.478 e. The van der Waals surface area contributed by atoms with E-state index in [-0.39, 0.29) is 12.6 Å². The van der Waals surface area contributed by atoms with Gasteiger partial charge in [-0.05, 0) is 13.3 Å². The van der Waals surface area contributed by atoms with Crippen molar-refractivity contribution in [3.8, 4) is 5.88 Å². The number of hydrogen-bond acceptors (Lipinski definition) is 5. The molecule has 0 aliphatic carbocycles. The maximum absolute atomic E-state index is 9.02. The molecule has 0 amide bonds. The summed E-state index contributed by atoms with van der Waals surface area (Å²) in [6.45, 7) is 4.56. The van der Waals surface area contributed by atoms with E-state index in [1.54, 1.807) is 6.07 Å². The van der Waals surface area contributed by atoms with Gasteiger partial charge in [-0.25, -0.2) is 9.97 Å². The van der Waals surface area contributed by atoms with Crippen molar-refractivity contribution >= 4 is 5.82 Å².